The molecule has 3 atom stereocenters. The predicted octanol–water partition coefficient (Wildman–Crippen LogP) is 3.06. The van der Waals surface area contributed by atoms with E-state index in [2.05, 4.69) is 26.0 Å². The van der Waals surface area contributed by atoms with E-state index in [-0.39, 0.29) is 11.5 Å². The summed E-state index contributed by atoms with van der Waals surface area (Å²) in [6.45, 7) is 6.53. The molecule has 2 aliphatic rings. The van der Waals surface area contributed by atoms with Crippen molar-refractivity contribution in [2.45, 2.75) is 45.1 Å². The zero-order chi connectivity index (χ0) is 12.2. The van der Waals surface area contributed by atoms with Gasteiger partial charge in [-0.25, -0.2) is 0 Å². The first-order valence-electron chi connectivity index (χ1n) is 6.43. The summed E-state index contributed by atoms with van der Waals surface area (Å²) in [5.41, 5.74) is 2.51. The van der Waals surface area contributed by atoms with Gasteiger partial charge in [-0.05, 0) is 48.8 Å². The summed E-state index contributed by atoms with van der Waals surface area (Å²) in [7, 11) is 0. The third kappa shape index (κ3) is 1.50. The molecule has 17 heavy (non-hydrogen) atoms. The van der Waals surface area contributed by atoms with E-state index >= 15 is 0 Å². The average Bonchev–Trinajstić information content (AvgIpc) is 2.71. The molecule has 0 fully saturated rings. The minimum Gasteiger partial charge on any atom is -0.468 e. The maximum Gasteiger partial charge on any atom is 0.112 e. The molecule has 0 unspecified atom stereocenters. The second-order valence-electron chi connectivity index (χ2n) is 6.13. The topological polar surface area (TPSA) is 33.4 Å². The monoisotopic (exact) mass is 232 g/mol. The number of allylic oxidation sites excluding steroid dienone is 1. The van der Waals surface area contributed by atoms with Crippen LogP contribution in [0.3, 0.4) is 0 Å². The van der Waals surface area contributed by atoms with Gasteiger partial charge in [0.2, 0.25) is 0 Å². The molecule has 0 spiro atoms. The van der Waals surface area contributed by atoms with Crippen LogP contribution in [0.4, 0.5) is 0 Å². The van der Waals surface area contributed by atoms with Crippen LogP contribution in [0, 0.1) is 11.8 Å². The summed E-state index contributed by atoms with van der Waals surface area (Å²) in [4.78, 5) is 0. The Bertz CT molecular complexity index is 467. The van der Waals surface area contributed by atoms with E-state index in [1.54, 1.807) is 6.26 Å². The smallest absolute Gasteiger partial charge is 0.112 e. The maximum atomic E-state index is 10.0. The lowest BCUT2D eigenvalue weighted by Gasteiger charge is -2.45. The summed E-state index contributed by atoms with van der Waals surface area (Å²) < 4.78 is 5.68. The van der Waals surface area contributed by atoms with Gasteiger partial charge in [0, 0.05) is 5.41 Å². The highest BCUT2D eigenvalue weighted by Crippen LogP contribution is 2.49. The van der Waals surface area contributed by atoms with Gasteiger partial charge < -0.3 is 9.52 Å². The highest BCUT2D eigenvalue weighted by atomic mass is 16.3. The van der Waals surface area contributed by atoms with Crippen LogP contribution in [-0.4, -0.2) is 11.2 Å². The summed E-state index contributed by atoms with van der Waals surface area (Å²) >= 11 is 0. The highest BCUT2D eigenvalue weighted by Gasteiger charge is 2.46. The molecule has 1 aromatic heterocycles. The fourth-order valence-electron chi connectivity index (χ4n) is 3.68. The first-order valence-corrected chi connectivity index (χ1v) is 6.43. The molecule has 0 saturated heterocycles. The van der Waals surface area contributed by atoms with Gasteiger partial charge in [0.1, 0.15) is 5.76 Å². The molecule has 2 nitrogen and oxygen atoms in total. The van der Waals surface area contributed by atoms with Gasteiger partial charge in [0.25, 0.3) is 0 Å². The second kappa shape index (κ2) is 3.49. The summed E-state index contributed by atoms with van der Waals surface area (Å²) in [5.74, 6) is 2.16. The van der Waals surface area contributed by atoms with Crippen molar-refractivity contribution in [2.24, 2.45) is 11.8 Å². The van der Waals surface area contributed by atoms with E-state index in [9.17, 15) is 5.11 Å². The molecule has 1 heterocycles. The zero-order valence-electron chi connectivity index (χ0n) is 10.7. The van der Waals surface area contributed by atoms with E-state index in [1.165, 1.54) is 5.56 Å². The fraction of sp³-hybridized carbons (Fsp3) is 0.600. The molecule has 2 aliphatic carbocycles. The molecule has 0 bridgehead atoms. The van der Waals surface area contributed by atoms with Gasteiger partial charge in [-0.15, -0.1) is 0 Å². The predicted molar refractivity (Wildman–Crippen MR) is 66.8 cm³/mol. The molecule has 1 N–H and O–H groups in total. The van der Waals surface area contributed by atoms with Crippen LogP contribution in [0.2, 0.25) is 0 Å². The van der Waals surface area contributed by atoms with Crippen molar-refractivity contribution in [1.82, 2.24) is 0 Å². The minimum atomic E-state index is -0.271. The Morgan fingerprint density at radius 3 is 2.94 bits per heavy atom. The Hall–Kier alpha value is -1.02. The Morgan fingerprint density at radius 1 is 1.41 bits per heavy atom. The third-order valence-corrected chi connectivity index (χ3v) is 4.71. The molecule has 0 radical (unpaired) electrons. The van der Waals surface area contributed by atoms with Crippen LogP contribution in [-0.2, 0) is 11.8 Å². The summed E-state index contributed by atoms with van der Waals surface area (Å²) in [6.07, 6.45) is 5.73. The van der Waals surface area contributed by atoms with Crippen LogP contribution in [0.15, 0.2) is 28.4 Å². The largest absolute Gasteiger partial charge is 0.468 e. The number of furan rings is 1. The lowest BCUT2D eigenvalue weighted by atomic mass is 9.59. The summed E-state index contributed by atoms with van der Waals surface area (Å²) in [6, 6.07) is 2.10. The van der Waals surface area contributed by atoms with Crippen LogP contribution in [0.25, 0.3) is 0 Å². The van der Waals surface area contributed by atoms with Gasteiger partial charge in [-0.1, -0.05) is 19.9 Å². The van der Waals surface area contributed by atoms with Crippen LogP contribution < -0.4 is 0 Å². The number of hydrogen-bond acceptors (Lipinski definition) is 2. The van der Waals surface area contributed by atoms with Crippen LogP contribution >= 0.6 is 0 Å². The zero-order valence-corrected chi connectivity index (χ0v) is 10.7. The van der Waals surface area contributed by atoms with Crippen LogP contribution in [0.1, 0.15) is 38.5 Å². The molecule has 92 valence electrons. The van der Waals surface area contributed by atoms with Gasteiger partial charge in [-0.3, -0.25) is 0 Å². The number of aliphatic hydroxyl groups is 1. The summed E-state index contributed by atoms with van der Waals surface area (Å²) in [5, 5.41) is 10.0. The van der Waals surface area contributed by atoms with E-state index in [1.807, 2.05) is 6.92 Å². The van der Waals surface area contributed by atoms with Crippen molar-refractivity contribution in [1.29, 1.82) is 0 Å². The lowest BCUT2D eigenvalue weighted by Crippen LogP contribution is -2.43. The number of aliphatic hydroxyl groups excluding tert-OH is 1. The number of fused-ring (bicyclic) bond motifs is 2. The van der Waals surface area contributed by atoms with Crippen molar-refractivity contribution in [3.63, 3.8) is 0 Å². The average molecular weight is 232 g/mol. The van der Waals surface area contributed by atoms with E-state index < -0.39 is 0 Å². The quantitative estimate of drug-likeness (QED) is 0.697. The molecule has 0 amide bonds. The van der Waals surface area contributed by atoms with Gasteiger partial charge in [0.15, 0.2) is 0 Å². The molecular weight excluding hydrogens is 212 g/mol. The number of rotatable bonds is 0. The van der Waals surface area contributed by atoms with Crippen molar-refractivity contribution >= 4 is 0 Å². The Balaban J connectivity index is 2.07. The first-order chi connectivity index (χ1) is 8.00. The molecule has 2 heteroatoms. The Kier molecular flexibility index (Phi) is 2.27. The van der Waals surface area contributed by atoms with Crippen molar-refractivity contribution < 1.29 is 9.52 Å². The minimum absolute atomic E-state index is 0.0277. The maximum absolute atomic E-state index is 10.0. The van der Waals surface area contributed by atoms with Crippen molar-refractivity contribution in [3.05, 3.63) is 35.3 Å². The first kappa shape index (κ1) is 11.1. The van der Waals surface area contributed by atoms with Crippen molar-refractivity contribution in [2.75, 3.05) is 0 Å². The van der Waals surface area contributed by atoms with Gasteiger partial charge >= 0.3 is 0 Å². The Morgan fingerprint density at radius 2 is 2.18 bits per heavy atom. The second-order valence-corrected chi connectivity index (χ2v) is 6.13. The molecule has 0 saturated carbocycles. The van der Waals surface area contributed by atoms with E-state index in [0.29, 0.717) is 11.8 Å². The molecule has 0 aliphatic heterocycles. The lowest BCUT2D eigenvalue weighted by molar-refractivity contribution is 0.0911. The third-order valence-electron chi connectivity index (χ3n) is 4.71. The van der Waals surface area contributed by atoms with E-state index in [4.69, 9.17) is 4.42 Å². The van der Waals surface area contributed by atoms with Crippen molar-refractivity contribution in [3.8, 4) is 0 Å². The Labute approximate surface area is 102 Å². The SMILES string of the molecule is CC1=C[C@@H]2Cc3ccoc3C(C)(C)[C@@H]2C[C@H]1O. The van der Waals surface area contributed by atoms with Gasteiger partial charge in [-0.2, -0.15) is 0 Å². The molecular formula is C15H20O2. The van der Waals surface area contributed by atoms with E-state index in [0.717, 1.165) is 24.2 Å². The van der Waals surface area contributed by atoms with Crippen LogP contribution in [0.5, 0.6) is 0 Å². The molecule has 1 aromatic rings. The normalized spacial score (nSPS) is 34.8. The highest BCUT2D eigenvalue weighted by molar-refractivity contribution is 5.33. The molecule has 3 rings (SSSR count). The molecule has 0 aromatic carbocycles. The number of hydrogen-bond donors (Lipinski definition) is 1. The van der Waals surface area contributed by atoms with Gasteiger partial charge in [0.05, 0.1) is 12.4 Å². The standard InChI is InChI=1S/C15H20O2/c1-9-6-11-7-10-4-5-17-14(10)15(2,3)12(11)8-13(9)16/h4-6,11-13,16H,7-8H2,1-3H3/t11-,12-,13-/m1/s1. The fourth-order valence-corrected chi connectivity index (χ4v) is 3.68.